The van der Waals surface area contributed by atoms with Crippen molar-refractivity contribution < 1.29 is 14.3 Å². The molecule has 1 unspecified atom stereocenters. The average molecular weight is 305 g/mol. The van der Waals surface area contributed by atoms with Crippen molar-refractivity contribution in [1.29, 1.82) is 0 Å². The number of carbonyl (C=O) groups is 2. The number of aromatic nitrogens is 1. The number of nitrogens with one attached hydrogen (secondary N) is 1. The highest BCUT2D eigenvalue weighted by atomic mass is 16.5. The molecule has 0 radical (unpaired) electrons. The maximum absolute atomic E-state index is 12.3. The number of hydrogen-bond acceptors (Lipinski definition) is 4. The van der Waals surface area contributed by atoms with Crippen LogP contribution in [0.3, 0.4) is 0 Å². The molecule has 1 aliphatic rings. The van der Waals surface area contributed by atoms with E-state index in [2.05, 4.69) is 10.3 Å². The fourth-order valence-corrected chi connectivity index (χ4v) is 2.57. The number of carbonyl (C=O) groups excluding carboxylic acids is 2. The molecule has 1 aliphatic heterocycles. The highest BCUT2D eigenvalue weighted by Crippen LogP contribution is 2.14. The van der Waals surface area contributed by atoms with Crippen LogP contribution in [0.2, 0.25) is 0 Å². The van der Waals surface area contributed by atoms with Gasteiger partial charge in [-0.05, 0) is 43.4 Å². The predicted octanol–water partition coefficient (Wildman–Crippen LogP) is 1.03. The highest BCUT2D eigenvalue weighted by Gasteiger charge is 2.27. The minimum absolute atomic E-state index is 0.0861. The van der Waals surface area contributed by atoms with E-state index in [0.717, 1.165) is 30.4 Å². The van der Waals surface area contributed by atoms with Crippen molar-refractivity contribution in [2.75, 3.05) is 20.2 Å². The Bertz CT molecular complexity index is 533. The van der Waals surface area contributed by atoms with Crippen molar-refractivity contribution in [1.82, 2.24) is 15.2 Å². The largest absolute Gasteiger partial charge is 0.372 e. The number of nitrogens with zero attached hydrogens (tertiary/aromatic N) is 2. The normalized spacial score (nSPS) is 18.9. The molecule has 0 saturated carbocycles. The molecule has 0 bridgehead atoms. The fraction of sp³-hybridized carbons (Fsp3) is 0.562. The SMILES string of the molecule is COC1CCCCN(CC(=O)NCc2ccncc2C)C1=O. The van der Waals surface area contributed by atoms with Crippen LogP contribution in [-0.2, 0) is 20.9 Å². The number of pyridine rings is 1. The molecular formula is C16H23N3O3. The third-order valence-electron chi connectivity index (χ3n) is 3.96. The molecular weight excluding hydrogens is 282 g/mol. The van der Waals surface area contributed by atoms with Gasteiger partial charge in [-0.15, -0.1) is 0 Å². The van der Waals surface area contributed by atoms with Gasteiger partial charge in [-0.1, -0.05) is 0 Å². The molecule has 6 nitrogen and oxygen atoms in total. The van der Waals surface area contributed by atoms with E-state index in [1.54, 1.807) is 24.4 Å². The third kappa shape index (κ3) is 4.27. The molecule has 1 N–H and O–H groups in total. The summed E-state index contributed by atoms with van der Waals surface area (Å²) in [6.45, 7) is 3.10. The van der Waals surface area contributed by atoms with E-state index in [-0.39, 0.29) is 18.4 Å². The summed E-state index contributed by atoms with van der Waals surface area (Å²) in [5, 5.41) is 2.86. The monoisotopic (exact) mass is 305 g/mol. The molecule has 2 heterocycles. The molecule has 1 atom stereocenters. The first-order chi connectivity index (χ1) is 10.6. The summed E-state index contributed by atoms with van der Waals surface area (Å²) in [6, 6.07) is 1.88. The van der Waals surface area contributed by atoms with E-state index >= 15 is 0 Å². The Morgan fingerprint density at radius 1 is 1.50 bits per heavy atom. The van der Waals surface area contributed by atoms with Crippen LogP contribution >= 0.6 is 0 Å². The summed E-state index contributed by atoms with van der Waals surface area (Å²) in [5.41, 5.74) is 2.06. The van der Waals surface area contributed by atoms with Crippen molar-refractivity contribution in [3.63, 3.8) is 0 Å². The average Bonchev–Trinajstić information content (AvgIpc) is 2.69. The van der Waals surface area contributed by atoms with Crippen molar-refractivity contribution >= 4 is 11.8 Å². The van der Waals surface area contributed by atoms with E-state index in [9.17, 15) is 9.59 Å². The molecule has 1 fully saturated rings. The van der Waals surface area contributed by atoms with Crippen LogP contribution < -0.4 is 5.32 Å². The maximum Gasteiger partial charge on any atom is 0.252 e. The Kier molecular flexibility index (Phi) is 5.89. The minimum Gasteiger partial charge on any atom is -0.372 e. The lowest BCUT2D eigenvalue weighted by molar-refractivity contribution is -0.144. The van der Waals surface area contributed by atoms with Crippen molar-refractivity contribution in [2.45, 2.75) is 38.8 Å². The van der Waals surface area contributed by atoms with Gasteiger partial charge < -0.3 is 15.0 Å². The van der Waals surface area contributed by atoms with Gasteiger partial charge in [-0.2, -0.15) is 0 Å². The van der Waals surface area contributed by atoms with Gasteiger partial charge in [0, 0.05) is 32.6 Å². The Morgan fingerprint density at radius 3 is 3.05 bits per heavy atom. The molecule has 22 heavy (non-hydrogen) atoms. The topological polar surface area (TPSA) is 71.5 Å². The van der Waals surface area contributed by atoms with Crippen molar-refractivity contribution in [3.8, 4) is 0 Å². The molecule has 6 heteroatoms. The zero-order chi connectivity index (χ0) is 15.9. The third-order valence-corrected chi connectivity index (χ3v) is 3.96. The summed E-state index contributed by atoms with van der Waals surface area (Å²) >= 11 is 0. The van der Waals surface area contributed by atoms with E-state index in [1.165, 1.54) is 0 Å². The molecule has 0 spiro atoms. The molecule has 1 aromatic rings. The number of methoxy groups -OCH3 is 1. The van der Waals surface area contributed by atoms with Crippen LogP contribution in [0.15, 0.2) is 18.5 Å². The van der Waals surface area contributed by atoms with Gasteiger partial charge in [-0.3, -0.25) is 14.6 Å². The Morgan fingerprint density at radius 2 is 2.32 bits per heavy atom. The quantitative estimate of drug-likeness (QED) is 0.882. The zero-order valence-electron chi connectivity index (χ0n) is 13.2. The van der Waals surface area contributed by atoms with Gasteiger partial charge >= 0.3 is 0 Å². The van der Waals surface area contributed by atoms with Crippen LogP contribution in [0.4, 0.5) is 0 Å². The fourth-order valence-electron chi connectivity index (χ4n) is 2.57. The predicted molar refractivity (Wildman–Crippen MR) is 82.0 cm³/mol. The zero-order valence-corrected chi connectivity index (χ0v) is 13.2. The highest BCUT2D eigenvalue weighted by molar-refractivity contribution is 5.87. The second-order valence-corrected chi connectivity index (χ2v) is 5.56. The van der Waals surface area contributed by atoms with Gasteiger partial charge in [-0.25, -0.2) is 0 Å². The van der Waals surface area contributed by atoms with Gasteiger partial charge in [0.15, 0.2) is 0 Å². The smallest absolute Gasteiger partial charge is 0.252 e. The van der Waals surface area contributed by atoms with Crippen LogP contribution in [-0.4, -0.2) is 48.0 Å². The molecule has 0 aliphatic carbocycles. The van der Waals surface area contributed by atoms with Crippen LogP contribution in [0.1, 0.15) is 30.4 Å². The van der Waals surface area contributed by atoms with Gasteiger partial charge in [0.2, 0.25) is 5.91 Å². The second kappa shape index (κ2) is 7.89. The molecule has 120 valence electrons. The Hall–Kier alpha value is -1.95. The summed E-state index contributed by atoms with van der Waals surface area (Å²) < 4.78 is 5.21. The number of ether oxygens (including phenoxy) is 1. The van der Waals surface area contributed by atoms with E-state index < -0.39 is 6.10 Å². The van der Waals surface area contributed by atoms with Gasteiger partial charge in [0.1, 0.15) is 6.10 Å². The lowest BCUT2D eigenvalue weighted by Crippen LogP contribution is -2.44. The van der Waals surface area contributed by atoms with Crippen molar-refractivity contribution in [3.05, 3.63) is 29.6 Å². The molecule has 2 rings (SSSR count). The van der Waals surface area contributed by atoms with Crippen molar-refractivity contribution in [2.24, 2.45) is 0 Å². The van der Waals surface area contributed by atoms with E-state index in [4.69, 9.17) is 4.74 Å². The lowest BCUT2D eigenvalue weighted by atomic mass is 10.1. The van der Waals surface area contributed by atoms with E-state index in [0.29, 0.717) is 13.1 Å². The first-order valence-electron chi connectivity index (χ1n) is 7.59. The minimum atomic E-state index is -0.419. The Labute approximate surface area is 130 Å². The molecule has 0 aromatic carbocycles. The maximum atomic E-state index is 12.3. The van der Waals surface area contributed by atoms with Crippen LogP contribution in [0, 0.1) is 6.92 Å². The number of hydrogen-bond donors (Lipinski definition) is 1. The number of amides is 2. The van der Waals surface area contributed by atoms with Gasteiger partial charge in [0.25, 0.3) is 5.91 Å². The standard InChI is InChI=1S/C16H23N3O3/c1-12-9-17-7-6-13(12)10-18-15(20)11-19-8-4-3-5-14(22-2)16(19)21/h6-7,9,14H,3-5,8,10-11H2,1-2H3,(H,18,20). The summed E-state index contributed by atoms with van der Waals surface area (Å²) in [4.78, 5) is 30.0. The van der Waals surface area contributed by atoms with Crippen LogP contribution in [0.5, 0.6) is 0 Å². The molecule has 1 aromatic heterocycles. The number of rotatable bonds is 5. The summed E-state index contributed by atoms with van der Waals surface area (Å²) in [6.07, 6.45) is 5.63. The van der Waals surface area contributed by atoms with E-state index in [1.807, 2.05) is 13.0 Å². The van der Waals surface area contributed by atoms with Gasteiger partial charge in [0.05, 0.1) is 6.54 Å². The molecule has 2 amide bonds. The number of likely N-dealkylation sites (tertiary alicyclic amines) is 1. The first kappa shape index (κ1) is 16.4. The Balaban J connectivity index is 1.88. The lowest BCUT2D eigenvalue weighted by Gasteiger charge is -2.23. The summed E-state index contributed by atoms with van der Waals surface area (Å²) in [5.74, 6) is -0.239. The molecule has 1 saturated heterocycles. The first-order valence-corrected chi connectivity index (χ1v) is 7.59. The summed E-state index contributed by atoms with van der Waals surface area (Å²) in [7, 11) is 1.54. The van der Waals surface area contributed by atoms with Crippen LogP contribution in [0.25, 0.3) is 0 Å². The number of aryl methyl sites for hydroxylation is 1. The second-order valence-electron chi connectivity index (χ2n) is 5.56.